The van der Waals surface area contributed by atoms with Crippen molar-refractivity contribution in [3.63, 3.8) is 0 Å². The summed E-state index contributed by atoms with van der Waals surface area (Å²) in [5.74, 6) is 0. The second-order valence-electron chi connectivity index (χ2n) is 4.74. The molecule has 15 heavy (non-hydrogen) atoms. The van der Waals surface area contributed by atoms with Crippen molar-refractivity contribution in [3.05, 3.63) is 29.6 Å². The Morgan fingerprint density at radius 3 is 2.73 bits per heavy atom. The highest BCUT2D eigenvalue weighted by atomic mass is 14.9. The van der Waals surface area contributed by atoms with Crippen LogP contribution < -0.4 is 5.32 Å². The lowest BCUT2D eigenvalue weighted by atomic mass is 9.98. The predicted octanol–water partition coefficient (Wildman–Crippen LogP) is 3.06. The molecule has 0 spiro atoms. The molecule has 2 heteroatoms. The van der Waals surface area contributed by atoms with E-state index in [0.29, 0.717) is 0 Å². The van der Waals surface area contributed by atoms with Gasteiger partial charge in [-0.1, -0.05) is 19.4 Å². The van der Waals surface area contributed by atoms with E-state index in [9.17, 15) is 0 Å². The van der Waals surface area contributed by atoms with Crippen molar-refractivity contribution in [1.82, 2.24) is 10.3 Å². The summed E-state index contributed by atoms with van der Waals surface area (Å²) in [6.45, 7) is 9.69. The average molecular weight is 206 g/mol. The van der Waals surface area contributed by atoms with Crippen molar-refractivity contribution in [1.29, 1.82) is 0 Å². The minimum absolute atomic E-state index is 0.219. The minimum Gasteiger partial charge on any atom is -0.308 e. The Morgan fingerprint density at radius 2 is 2.13 bits per heavy atom. The molecule has 84 valence electrons. The van der Waals surface area contributed by atoms with E-state index >= 15 is 0 Å². The highest BCUT2D eigenvalue weighted by molar-refractivity contribution is 5.18. The van der Waals surface area contributed by atoms with E-state index in [-0.39, 0.29) is 5.54 Å². The minimum atomic E-state index is 0.219. The summed E-state index contributed by atoms with van der Waals surface area (Å²) in [6.07, 6.45) is 4.26. The van der Waals surface area contributed by atoms with Crippen LogP contribution in [-0.2, 0) is 6.54 Å². The Bertz CT molecular complexity index is 305. The molecule has 1 N–H and O–H groups in total. The van der Waals surface area contributed by atoms with Crippen molar-refractivity contribution in [2.24, 2.45) is 0 Å². The molecular formula is C13H22N2. The highest BCUT2D eigenvalue weighted by Gasteiger charge is 2.15. The zero-order chi connectivity index (χ0) is 11.3. The first-order valence-corrected chi connectivity index (χ1v) is 5.70. The lowest BCUT2D eigenvalue weighted by Gasteiger charge is -2.26. The predicted molar refractivity (Wildman–Crippen MR) is 64.8 cm³/mol. The zero-order valence-corrected chi connectivity index (χ0v) is 10.3. The normalized spacial score (nSPS) is 11.7. The molecule has 0 fully saturated rings. The van der Waals surface area contributed by atoms with E-state index in [0.717, 1.165) is 12.2 Å². The molecule has 1 rings (SSSR count). The number of hydrogen-bond donors (Lipinski definition) is 1. The fourth-order valence-corrected chi connectivity index (χ4v) is 1.75. The maximum Gasteiger partial charge on any atom is 0.0417 e. The van der Waals surface area contributed by atoms with Gasteiger partial charge in [-0.2, -0.15) is 0 Å². The third-order valence-electron chi connectivity index (χ3n) is 2.75. The van der Waals surface area contributed by atoms with Crippen molar-refractivity contribution >= 4 is 0 Å². The highest BCUT2D eigenvalue weighted by Crippen LogP contribution is 2.12. The molecule has 1 aromatic heterocycles. The van der Waals surface area contributed by atoms with Crippen LogP contribution >= 0.6 is 0 Å². The number of aryl methyl sites for hydroxylation is 1. The SMILES string of the molecule is CCCC(C)(C)NCc1cccnc1C. The monoisotopic (exact) mass is 206 g/mol. The number of hydrogen-bond acceptors (Lipinski definition) is 2. The Balaban J connectivity index is 2.53. The summed E-state index contributed by atoms with van der Waals surface area (Å²) >= 11 is 0. The van der Waals surface area contributed by atoms with E-state index in [1.807, 2.05) is 12.3 Å². The van der Waals surface area contributed by atoms with E-state index in [1.165, 1.54) is 18.4 Å². The van der Waals surface area contributed by atoms with E-state index in [4.69, 9.17) is 0 Å². The molecule has 0 saturated heterocycles. The van der Waals surface area contributed by atoms with Crippen LogP contribution in [0.4, 0.5) is 0 Å². The van der Waals surface area contributed by atoms with Crippen LogP contribution in [0.1, 0.15) is 44.9 Å². The lowest BCUT2D eigenvalue weighted by molar-refractivity contribution is 0.356. The van der Waals surface area contributed by atoms with Crippen LogP contribution in [0.15, 0.2) is 18.3 Å². The molecule has 0 atom stereocenters. The third kappa shape index (κ3) is 4.00. The molecule has 0 aromatic carbocycles. The van der Waals surface area contributed by atoms with E-state index in [1.54, 1.807) is 0 Å². The molecule has 0 aliphatic heterocycles. The largest absolute Gasteiger partial charge is 0.308 e. The molecule has 0 aliphatic carbocycles. The van der Waals surface area contributed by atoms with Gasteiger partial charge in [0.1, 0.15) is 0 Å². The number of nitrogens with one attached hydrogen (secondary N) is 1. The zero-order valence-electron chi connectivity index (χ0n) is 10.3. The first kappa shape index (κ1) is 12.2. The van der Waals surface area contributed by atoms with Gasteiger partial charge in [-0.3, -0.25) is 4.98 Å². The van der Waals surface area contributed by atoms with Gasteiger partial charge in [0.25, 0.3) is 0 Å². The summed E-state index contributed by atoms with van der Waals surface area (Å²) in [6, 6.07) is 4.13. The summed E-state index contributed by atoms with van der Waals surface area (Å²) in [7, 11) is 0. The van der Waals surface area contributed by atoms with E-state index < -0.39 is 0 Å². The van der Waals surface area contributed by atoms with Crippen molar-refractivity contribution in [3.8, 4) is 0 Å². The summed E-state index contributed by atoms with van der Waals surface area (Å²) in [4.78, 5) is 4.29. The van der Waals surface area contributed by atoms with Gasteiger partial charge in [0.05, 0.1) is 0 Å². The van der Waals surface area contributed by atoms with E-state index in [2.05, 4.69) is 44.1 Å². The molecule has 0 radical (unpaired) electrons. The van der Waals surface area contributed by atoms with Gasteiger partial charge < -0.3 is 5.32 Å². The molecule has 0 amide bonds. The van der Waals surface area contributed by atoms with Gasteiger partial charge in [-0.05, 0) is 38.8 Å². The topological polar surface area (TPSA) is 24.9 Å². The van der Waals surface area contributed by atoms with Crippen molar-refractivity contribution < 1.29 is 0 Å². The standard InChI is InChI=1S/C13H22N2/c1-5-8-13(3,4)15-10-12-7-6-9-14-11(12)2/h6-7,9,15H,5,8,10H2,1-4H3. The first-order chi connectivity index (χ1) is 7.05. The summed E-state index contributed by atoms with van der Waals surface area (Å²) in [5, 5.41) is 3.58. The van der Waals surface area contributed by atoms with Gasteiger partial charge >= 0.3 is 0 Å². The molecule has 0 saturated carbocycles. The molecular weight excluding hydrogens is 184 g/mol. The Kier molecular flexibility index (Phi) is 4.28. The van der Waals surface area contributed by atoms with Gasteiger partial charge in [-0.15, -0.1) is 0 Å². The van der Waals surface area contributed by atoms with Gasteiger partial charge in [0, 0.05) is 24.0 Å². The molecule has 0 bridgehead atoms. The maximum atomic E-state index is 4.29. The number of rotatable bonds is 5. The molecule has 0 unspecified atom stereocenters. The Morgan fingerprint density at radius 1 is 1.40 bits per heavy atom. The quantitative estimate of drug-likeness (QED) is 0.801. The van der Waals surface area contributed by atoms with Crippen LogP contribution in [-0.4, -0.2) is 10.5 Å². The average Bonchev–Trinajstić information content (AvgIpc) is 2.16. The summed E-state index contributed by atoms with van der Waals surface area (Å²) < 4.78 is 0. The van der Waals surface area contributed by atoms with Gasteiger partial charge in [0.15, 0.2) is 0 Å². The van der Waals surface area contributed by atoms with Gasteiger partial charge in [-0.25, -0.2) is 0 Å². The number of aromatic nitrogens is 1. The Labute approximate surface area is 93.1 Å². The first-order valence-electron chi connectivity index (χ1n) is 5.70. The van der Waals surface area contributed by atoms with Crippen molar-refractivity contribution in [2.75, 3.05) is 0 Å². The molecule has 2 nitrogen and oxygen atoms in total. The lowest BCUT2D eigenvalue weighted by Crippen LogP contribution is -2.38. The summed E-state index contributed by atoms with van der Waals surface area (Å²) in [5.41, 5.74) is 2.63. The number of pyridine rings is 1. The fourth-order valence-electron chi connectivity index (χ4n) is 1.75. The second kappa shape index (κ2) is 5.26. The molecule has 1 aromatic rings. The van der Waals surface area contributed by atoms with Crippen LogP contribution in [0, 0.1) is 6.92 Å². The molecule has 1 heterocycles. The smallest absolute Gasteiger partial charge is 0.0417 e. The van der Waals surface area contributed by atoms with Crippen molar-refractivity contribution in [2.45, 2.75) is 52.6 Å². The number of nitrogens with zero attached hydrogens (tertiary/aromatic N) is 1. The van der Waals surface area contributed by atoms with Crippen LogP contribution in [0.3, 0.4) is 0 Å². The van der Waals surface area contributed by atoms with Crippen LogP contribution in [0.2, 0.25) is 0 Å². The third-order valence-corrected chi connectivity index (χ3v) is 2.75. The van der Waals surface area contributed by atoms with Crippen LogP contribution in [0.5, 0.6) is 0 Å². The molecule has 0 aliphatic rings. The second-order valence-corrected chi connectivity index (χ2v) is 4.74. The van der Waals surface area contributed by atoms with Gasteiger partial charge in [0.2, 0.25) is 0 Å². The fraction of sp³-hybridized carbons (Fsp3) is 0.615. The Hall–Kier alpha value is -0.890. The maximum absolute atomic E-state index is 4.29. The van der Waals surface area contributed by atoms with Crippen LogP contribution in [0.25, 0.3) is 0 Å².